The Bertz CT molecular complexity index is 617. The highest BCUT2D eigenvalue weighted by Crippen LogP contribution is 2.40. The zero-order chi connectivity index (χ0) is 19.5. The Kier molecular flexibility index (Phi) is 7.11. The van der Waals surface area contributed by atoms with Crippen molar-refractivity contribution in [2.24, 2.45) is 11.3 Å². The monoisotopic (exact) mass is 381 g/mol. The number of carbonyl (C=O) groups is 1. The number of nitrogens with two attached hydrogens (primary N) is 1. The van der Waals surface area contributed by atoms with Gasteiger partial charge in [0.1, 0.15) is 5.00 Å². The number of thiophene rings is 1. The van der Waals surface area contributed by atoms with Crippen LogP contribution in [0.5, 0.6) is 0 Å². The molecule has 0 saturated carbocycles. The third-order valence-electron chi connectivity index (χ3n) is 5.56. The number of nitrogen functional groups attached to an aromatic ring is 1. The second-order valence-electron chi connectivity index (χ2n) is 8.46. The lowest BCUT2D eigenvalue weighted by Gasteiger charge is -2.35. The summed E-state index contributed by atoms with van der Waals surface area (Å²) < 4.78 is 0. The highest BCUT2D eigenvalue weighted by atomic mass is 32.1. The topological polar surface area (TPSA) is 87.4 Å². The summed E-state index contributed by atoms with van der Waals surface area (Å²) in [5.74, 6) is 0.114. The summed E-state index contributed by atoms with van der Waals surface area (Å²) >= 11 is 1.62. The molecule has 0 spiro atoms. The highest BCUT2D eigenvalue weighted by molar-refractivity contribution is 7.17. The molecule has 1 aliphatic rings. The van der Waals surface area contributed by atoms with E-state index in [1.54, 1.807) is 11.3 Å². The second kappa shape index (κ2) is 8.72. The largest absolute Gasteiger partial charge is 0.396 e. The van der Waals surface area contributed by atoms with Gasteiger partial charge in [0.25, 0.3) is 0 Å². The SMILES string of the molecule is CCC(CC)C(=O)Nc1sc2c(c1N)CCC(NC(CO)C(C)(C)C)C2. The van der Waals surface area contributed by atoms with Gasteiger partial charge in [0.15, 0.2) is 0 Å². The van der Waals surface area contributed by atoms with Crippen LogP contribution in [-0.2, 0) is 17.6 Å². The van der Waals surface area contributed by atoms with Gasteiger partial charge in [-0.25, -0.2) is 0 Å². The second-order valence-corrected chi connectivity index (χ2v) is 9.56. The highest BCUT2D eigenvalue weighted by Gasteiger charge is 2.30. The van der Waals surface area contributed by atoms with Gasteiger partial charge in [-0.05, 0) is 43.1 Å². The average Bonchev–Trinajstić information content (AvgIpc) is 2.88. The lowest BCUT2D eigenvalue weighted by atomic mass is 9.85. The van der Waals surface area contributed by atoms with E-state index in [4.69, 9.17) is 5.73 Å². The molecule has 1 aliphatic carbocycles. The van der Waals surface area contributed by atoms with E-state index in [0.717, 1.165) is 42.8 Å². The van der Waals surface area contributed by atoms with Gasteiger partial charge in [-0.2, -0.15) is 0 Å². The van der Waals surface area contributed by atoms with Gasteiger partial charge >= 0.3 is 0 Å². The molecule has 0 saturated heterocycles. The fourth-order valence-electron chi connectivity index (χ4n) is 3.58. The Labute approximate surface area is 161 Å². The minimum atomic E-state index is 0.0119. The van der Waals surface area contributed by atoms with Crippen molar-refractivity contribution in [3.63, 3.8) is 0 Å². The Balaban J connectivity index is 2.09. The molecule has 148 valence electrons. The normalized spacial score (nSPS) is 18.7. The first-order chi connectivity index (χ1) is 12.2. The van der Waals surface area contributed by atoms with Gasteiger partial charge in [-0.1, -0.05) is 34.6 Å². The summed E-state index contributed by atoms with van der Waals surface area (Å²) in [5, 5.41) is 17.2. The van der Waals surface area contributed by atoms with Gasteiger partial charge in [0.05, 0.1) is 12.3 Å². The Morgan fingerprint density at radius 2 is 2.00 bits per heavy atom. The number of hydrogen-bond donors (Lipinski definition) is 4. The van der Waals surface area contributed by atoms with Crippen molar-refractivity contribution in [3.05, 3.63) is 10.4 Å². The summed E-state index contributed by atoms with van der Waals surface area (Å²) in [6.07, 6.45) is 4.50. The molecule has 0 fully saturated rings. The van der Waals surface area contributed by atoms with Crippen LogP contribution in [-0.4, -0.2) is 29.7 Å². The maximum Gasteiger partial charge on any atom is 0.228 e. The Hall–Kier alpha value is -1.11. The molecule has 0 radical (unpaired) electrons. The molecule has 0 aliphatic heterocycles. The number of carbonyl (C=O) groups excluding carboxylic acids is 1. The molecule has 5 nitrogen and oxygen atoms in total. The van der Waals surface area contributed by atoms with Gasteiger partial charge in [0.2, 0.25) is 5.91 Å². The summed E-state index contributed by atoms with van der Waals surface area (Å²) in [5.41, 5.74) is 8.29. The van der Waals surface area contributed by atoms with E-state index in [1.807, 2.05) is 13.8 Å². The van der Waals surface area contributed by atoms with Crippen LogP contribution in [0.25, 0.3) is 0 Å². The molecule has 2 unspecified atom stereocenters. The standard InChI is InChI=1S/C20H35N3O2S/c1-6-12(7-2)18(25)23-19-17(21)14-9-8-13(10-15(14)26-19)22-16(11-24)20(3,4)5/h12-13,16,22,24H,6-11,21H2,1-5H3,(H,23,25). The van der Waals surface area contributed by atoms with Crippen molar-refractivity contribution in [1.29, 1.82) is 0 Å². The van der Waals surface area contributed by atoms with Crippen LogP contribution in [0, 0.1) is 11.3 Å². The fourth-order valence-corrected chi connectivity index (χ4v) is 4.83. The maximum atomic E-state index is 12.4. The molecule has 1 heterocycles. The lowest BCUT2D eigenvalue weighted by Crippen LogP contribution is -2.49. The zero-order valence-electron chi connectivity index (χ0n) is 16.8. The Morgan fingerprint density at radius 1 is 1.35 bits per heavy atom. The van der Waals surface area contributed by atoms with Crippen molar-refractivity contribution < 1.29 is 9.90 Å². The van der Waals surface area contributed by atoms with Crippen molar-refractivity contribution >= 4 is 27.9 Å². The fraction of sp³-hybridized carbons (Fsp3) is 0.750. The Morgan fingerprint density at radius 3 is 2.54 bits per heavy atom. The van der Waals surface area contributed by atoms with E-state index in [1.165, 1.54) is 10.4 Å². The van der Waals surface area contributed by atoms with Gasteiger partial charge in [0, 0.05) is 22.9 Å². The number of hydrogen-bond acceptors (Lipinski definition) is 5. The van der Waals surface area contributed by atoms with Crippen LogP contribution >= 0.6 is 11.3 Å². The van der Waals surface area contributed by atoms with Crippen LogP contribution in [0.3, 0.4) is 0 Å². The quantitative estimate of drug-likeness (QED) is 0.581. The van der Waals surface area contributed by atoms with E-state index in [9.17, 15) is 9.90 Å². The van der Waals surface area contributed by atoms with E-state index in [-0.39, 0.29) is 29.9 Å². The van der Waals surface area contributed by atoms with Crippen LogP contribution in [0.15, 0.2) is 0 Å². The predicted molar refractivity (Wildman–Crippen MR) is 111 cm³/mol. The number of aliphatic hydroxyl groups is 1. The molecule has 0 aromatic carbocycles. The number of rotatable bonds is 7. The number of nitrogens with one attached hydrogen (secondary N) is 2. The summed E-state index contributed by atoms with van der Waals surface area (Å²) in [7, 11) is 0. The number of fused-ring (bicyclic) bond motifs is 1. The number of amides is 1. The molecule has 5 N–H and O–H groups in total. The molecule has 1 amide bonds. The minimum absolute atomic E-state index is 0.0119. The van der Waals surface area contributed by atoms with E-state index >= 15 is 0 Å². The van der Waals surface area contributed by atoms with Gasteiger partial charge in [-0.15, -0.1) is 11.3 Å². The van der Waals surface area contributed by atoms with Crippen molar-refractivity contribution in [2.45, 2.75) is 78.8 Å². The lowest BCUT2D eigenvalue weighted by molar-refractivity contribution is -0.120. The molecule has 1 aromatic heterocycles. The molecule has 26 heavy (non-hydrogen) atoms. The van der Waals surface area contributed by atoms with Gasteiger partial charge < -0.3 is 21.5 Å². The van der Waals surface area contributed by atoms with E-state index in [0.29, 0.717) is 6.04 Å². The first kappa shape index (κ1) is 21.2. The van der Waals surface area contributed by atoms with E-state index < -0.39 is 0 Å². The maximum absolute atomic E-state index is 12.4. The summed E-state index contributed by atoms with van der Waals surface area (Å²) in [4.78, 5) is 13.7. The van der Waals surface area contributed by atoms with Crippen LogP contribution in [0.4, 0.5) is 10.7 Å². The number of anilines is 2. The van der Waals surface area contributed by atoms with Crippen LogP contribution in [0.1, 0.15) is 64.3 Å². The summed E-state index contributed by atoms with van der Waals surface area (Å²) in [6.45, 7) is 10.6. The molecule has 6 heteroatoms. The van der Waals surface area contributed by atoms with Crippen molar-refractivity contribution in [2.75, 3.05) is 17.7 Å². The van der Waals surface area contributed by atoms with Crippen molar-refractivity contribution in [3.8, 4) is 0 Å². The third kappa shape index (κ3) is 4.78. The molecule has 0 bridgehead atoms. The molecular weight excluding hydrogens is 346 g/mol. The van der Waals surface area contributed by atoms with Gasteiger partial charge in [-0.3, -0.25) is 4.79 Å². The molecular formula is C20H35N3O2S. The molecule has 2 rings (SSSR count). The van der Waals surface area contributed by atoms with Crippen molar-refractivity contribution in [1.82, 2.24) is 5.32 Å². The minimum Gasteiger partial charge on any atom is -0.396 e. The first-order valence-corrected chi connectivity index (χ1v) is 10.6. The zero-order valence-corrected chi connectivity index (χ0v) is 17.6. The number of aliphatic hydroxyl groups excluding tert-OH is 1. The average molecular weight is 382 g/mol. The third-order valence-corrected chi connectivity index (χ3v) is 6.75. The first-order valence-electron chi connectivity index (χ1n) is 9.78. The van der Waals surface area contributed by atoms with Crippen LogP contribution in [0.2, 0.25) is 0 Å². The predicted octanol–water partition coefficient (Wildman–Crippen LogP) is 3.56. The van der Waals surface area contributed by atoms with Crippen LogP contribution < -0.4 is 16.4 Å². The smallest absolute Gasteiger partial charge is 0.228 e. The molecule has 2 atom stereocenters. The van der Waals surface area contributed by atoms with E-state index in [2.05, 4.69) is 31.4 Å². The summed E-state index contributed by atoms with van der Waals surface area (Å²) in [6, 6.07) is 0.403. The molecule has 1 aromatic rings.